The van der Waals surface area contributed by atoms with E-state index in [0.29, 0.717) is 29.5 Å². The van der Waals surface area contributed by atoms with Crippen molar-refractivity contribution in [2.24, 2.45) is 0 Å². The number of hydrogen-bond donors (Lipinski definition) is 1. The molecule has 6 nitrogen and oxygen atoms in total. The molecule has 27 heavy (non-hydrogen) atoms. The van der Waals surface area contributed by atoms with Crippen molar-refractivity contribution in [3.8, 4) is 23.0 Å². The van der Waals surface area contributed by atoms with E-state index >= 15 is 0 Å². The second kappa shape index (κ2) is 10.3. The van der Waals surface area contributed by atoms with Crippen molar-refractivity contribution in [3.63, 3.8) is 0 Å². The molecule has 0 saturated carbocycles. The van der Waals surface area contributed by atoms with Crippen LogP contribution in [-0.2, 0) is 11.2 Å². The molecule has 2 aromatic carbocycles. The molecule has 0 aliphatic carbocycles. The van der Waals surface area contributed by atoms with Gasteiger partial charge in [-0.1, -0.05) is 12.1 Å². The second-order valence-electron chi connectivity index (χ2n) is 6.02. The first-order chi connectivity index (χ1) is 13.1. The smallest absolute Gasteiger partial charge is 0.260 e. The van der Waals surface area contributed by atoms with Crippen LogP contribution in [0, 0.1) is 0 Å². The summed E-state index contributed by atoms with van der Waals surface area (Å²) in [6, 6.07) is 13.0. The summed E-state index contributed by atoms with van der Waals surface area (Å²) < 4.78 is 21.4. The summed E-state index contributed by atoms with van der Waals surface area (Å²) in [6.45, 7) is 2.29. The lowest BCUT2D eigenvalue weighted by Gasteiger charge is -2.15. The van der Waals surface area contributed by atoms with E-state index in [2.05, 4.69) is 5.32 Å². The Hall–Kier alpha value is -2.89. The molecule has 0 aliphatic heterocycles. The van der Waals surface area contributed by atoms with Gasteiger partial charge >= 0.3 is 0 Å². The molecule has 0 saturated heterocycles. The summed E-state index contributed by atoms with van der Waals surface area (Å²) in [6.07, 6.45) is 1.05. The van der Waals surface area contributed by atoms with E-state index < -0.39 is 6.10 Å². The van der Waals surface area contributed by atoms with Gasteiger partial charge in [0.15, 0.2) is 17.6 Å². The number of amides is 1. The van der Waals surface area contributed by atoms with Gasteiger partial charge in [0.1, 0.15) is 11.5 Å². The first kappa shape index (κ1) is 20.4. The number of benzene rings is 2. The van der Waals surface area contributed by atoms with Crippen LogP contribution >= 0.6 is 0 Å². The molecule has 2 aromatic rings. The van der Waals surface area contributed by atoms with Gasteiger partial charge < -0.3 is 24.3 Å². The molecule has 146 valence electrons. The number of methoxy groups -OCH3 is 3. The molecule has 0 spiro atoms. The first-order valence-corrected chi connectivity index (χ1v) is 8.86. The van der Waals surface area contributed by atoms with Crippen molar-refractivity contribution in [1.29, 1.82) is 0 Å². The standard InChI is InChI=1S/C21H27NO5/c1-15(27-18-9-5-8-17(14-18)24-2)21(23)22-12-6-7-16-10-11-19(25-3)20(13-16)26-4/h5,8-11,13-15H,6-7,12H2,1-4H3,(H,22,23)/t15-/m1/s1. The molecule has 6 heteroatoms. The van der Waals surface area contributed by atoms with Crippen molar-refractivity contribution < 1.29 is 23.7 Å². The van der Waals surface area contributed by atoms with Gasteiger partial charge in [-0.25, -0.2) is 0 Å². The maximum absolute atomic E-state index is 12.2. The van der Waals surface area contributed by atoms with Gasteiger partial charge in [0, 0.05) is 12.6 Å². The number of carbonyl (C=O) groups is 1. The van der Waals surface area contributed by atoms with E-state index in [4.69, 9.17) is 18.9 Å². The average molecular weight is 373 g/mol. The zero-order chi connectivity index (χ0) is 19.6. The molecular weight excluding hydrogens is 346 g/mol. The molecule has 1 N–H and O–H groups in total. The Morgan fingerprint density at radius 1 is 0.963 bits per heavy atom. The molecule has 2 rings (SSSR count). The summed E-state index contributed by atoms with van der Waals surface area (Å²) in [4.78, 5) is 12.2. The molecule has 0 fully saturated rings. The van der Waals surface area contributed by atoms with Crippen LogP contribution in [0.25, 0.3) is 0 Å². The van der Waals surface area contributed by atoms with E-state index in [1.807, 2.05) is 30.3 Å². The topological polar surface area (TPSA) is 66.0 Å². The highest BCUT2D eigenvalue weighted by Crippen LogP contribution is 2.27. The first-order valence-electron chi connectivity index (χ1n) is 8.86. The van der Waals surface area contributed by atoms with Gasteiger partial charge in [-0.15, -0.1) is 0 Å². The maximum atomic E-state index is 12.2. The van der Waals surface area contributed by atoms with Gasteiger partial charge in [0.25, 0.3) is 5.91 Å². The zero-order valence-electron chi connectivity index (χ0n) is 16.3. The molecular formula is C21H27NO5. The number of aryl methyl sites for hydroxylation is 1. The quantitative estimate of drug-likeness (QED) is 0.648. The zero-order valence-corrected chi connectivity index (χ0v) is 16.3. The Kier molecular flexibility index (Phi) is 7.79. The molecule has 0 unspecified atom stereocenters. The number of carbonyl (C=O) groups excluding carboxylic acids is 1. The van der Waals surface area contributed by atoms with Gasteiger partial charge in [-0.05, 0) is 49.6 Å². The minimum absolute atomic E-state index is 0.148. The van der Waals surface area contributed by atoms with Gasteiger partial charge in [-0.3, -0.25) is 4.79 Å². The van der Waals surface area contributed by atoms with Crippen LogP contribution in [0.2, 0.25) is 0 Å². The summed E-state index contributed by atoms with van der Waals surface area (Å²) in [5.74, 6) is 2.56. The van der Waals surface area contributed by atoms with Crippen LogP contribution < -0.4 is 24.3 Å². The second-order valence-corrected chi connectivity index (χ2v) is 6.02. The normalized spacial score (nSPS) is 11.4. The fourth-order valence-corrected chi connectivity index (χ4v) is 2.62. The summed E-state index contributed by atoms with van der Waals surface area (Å²) in [7, 11) is 4.82. The van der Waals surface area contributed by atoms with E-state index in [9.17, 15) is 4.79 Å². The Balaban J connectivity index is 1.76. The van der Waals surface area contributed by atoms with Crippen molar-refractivity contribution in [2.45, 2.75) is 25.9 Å². The molecule has 1 atom stereocenters. The third-order valence-electron chi connectivity index (χ3n) is 4.11. The minimum Gasteiger partial charge on any atom is -0.497 e. The van der Waals surface area contributed by atoms with Crippen molar-refractivity contribution in [1.82, 2.24) is 5.32 Å². The predicted octanol–water partition coefficient (Wildman–Crippen LogP) is 3.23. The molecule has 0 aliphatic rings. The fraction of sp³-hybridized carbons (Fsp3) is 0.381. The van der Waals surface area contributed by atoms with E-state index in [-0.39, 0.29) is 5.91 Å². The van der Waals surface area contributed by atoms with Crippen LogP contribution in [0.3, 0.4) is 0 Å². The van der Waals surface area contributed by atoms with Crippen LogP contribution in [0.15, 0.2) is 42.5 Å². The molecule has 0 heterocycles. The van der Waals surface area contributed by atoms with E-state index in [1.165, 1.54) is 0 Å². The summed E-state index contributed by atoms with van der Waals surface area (Å²) in [5, 5.41) is 2.90. The number of hydrogen-bond acceptors (Lipinski definition) is 5. The third-order valence-corrected chi connectivity index (χ3v) is 4.11. The predicted molar refractivity (Wildman–Crippen MR) is 104 cm³/mol. The fourth-order valence-electron chi connectivity index (χ4n) is 2.62. The van der Waals surface area contributed by atoms with Crippen molar-refractivity contribution in [3.05, 3.63) is 48.0 Å². The number of nitrogens with one attached hydrogen (secondary N) is 1. The minimum atomic E-state index is -0.585. The highest BCUT2D eigenvalue weighted by atomic mass is 16.5. The van der Waals surface area contributed by atoms with Crippen LogP contribution in [0.4, 0.5) is 0 Å². The monoisotopic (exact) mass is 373 g/mol. The number of ether oxygens (including phenoxy) is 4. The van der Waals surface area contributed by atoms with Gasteiger partial charge in [0.05, 0.1) is 21.3 Å². The van der Waals surface area contributed by atoms with Crippen LogP contribution in [0.5, 0.6) is 23.0 Å². The average Bonchev–Trinajstić information content (AvgIpc) is 2.70. The van der Waals surface area contributed by atoms with Crippen LogP contribution in [-0.4, -0.2) is 39.9 Å². The van der Waals surface area contributed by atoms with Crippen molar-refractivity contribution in [2.75, 3.05) is 27.9 Å². The van der Waals surface area contributed by atoms with Gasteiger partial charge in [0.2, 0.25) is 0 Å². The van der Waals surface area contributed by atoms with Crippen molar-refractivity contribution >= 4 is 5.91 Å². The van der Waals surface area contributed by atoms with Gasteiger partial charge in [-0.2, -0.15) is 0 Å². The molecule has 0 radical (unpaired) electrons. The Morgan fingerprint density at radius 2 is 1.70 bits per heavy atom. The number of rotatable bonds is 10. The summed E-state index contributed by atoms with van der Waals surface area (Å²) in [5.41, 5.74) is 1.13. The molecule has 0 bridgehead atoms. The van der Waals surface area contributed by atoms with E-state index in [0.717, 1.165) is 18.4 Å². The maximum Gasteiger partial charge on any atom is 0.260 e. The highest BCUT2D eigenvalue weighted by Gasteiger charge is 2.14. The lowest BCUT2D eigenvalue weighted by Crippen LogP contribution is -2.36. The highest BCUT2D eigenvalue weighted by molar-refractivity contribution is 5.80. The Bertz CT molecular complexity index is 747. The lowest BCUT2D eigenvalue weighted by molar-refractivity contribution is -0.127. The Labute approximate surface area is 160 Å². The lowest BCUT2D eigenvalue weighted by atomic mass is 10.1. The SMILES string of the molecule is COc1cccc(O[C@H](C)C(=O)NCCCc2ccc(OC)c(OC)c2)c1. The largest absolute Gasteiger partial charge is 0.497 e. The molecule has 1 amide bonds. The molecule has 0 aromatic heterocycles. The summed E-state index contributed by atoms with van der Waals surface area (Å²) >= 11 is 0. The van der Waals surface area contributed by atoms with E-state index in [1.54, 1.807) is 40.4 Å². The third kappa shape index (κ3) is 6.09. The van der Waals surface area contributed by atoms with Crippen LogP contribution in [0.1, 0.15) is 18.9 Å². The Morgan fingerprint density at radius 3 is 2.41 bits per heavy atom.